The number of hydrogen-bond donors (Lipinski definition) is 1. The fourth-order valence-corrected chi connectivity index (χ4v) is 3.48. The van der Waals surface area contributed by atoms with Crippen LogP contribution in [-0.4, -0.2) is 23.5 Å². The number of aliphatic hydroxyl groups excluding tert-OH is 1. The number of alkyl halides is 3. The zero-order valence-corrected chi connectivity index (χ0v) is 12.8. The van der Waals surface area contributed by atoms with E-state index in [-0.39, 0.29) is 24.4 Å². The second-order valence-electron chi connectivity index (χ2n) is 6.01. The Bertz CT molecular complexity index is 738. The van der Waals surface area contributed by atoms with E-state index in [0.717, 1.165) is 6.42 Å². The minimum Gasteiger partial charge on any atom is -0.515 e. The number of allylic oxidation sites excluding steroid dienone is 1. The van der Waals surface area contributed by atoms with Crippen molar-refractivity contribution in [3.8, 4) is 0 Å². The number of fused-ring (bicyclic) bond motifs is 1. The third-order valence-corrected chi connectivity index (χ3v) is 4.71. The molecule has 2 aliphatic carbocycles. The molecule has 5 nitrogen and oxygen atoms in total. The molecule has 1 N–H and O–H groups in total. The van der Waals surface area contributed by atoms with Crippen molar-refractivity contribution in [1.82, 2.24) is 0 Å². The lowest BCUT2D eigenvalue weighted by molar-refractivity contribution is -0.138. The maximum Gasteiger partial charge on any atom is 0.421 e. The normalized spacial score (nSPS) is 20.8. The van der Waals surface area contributed by atoms with Gasteiger partial charge in [0.1, 0.15) is 11.3 Å². The summed E-state index contributed by atoms with van der Waals surface area (Å²) in [7, 11) is 0. The van der Waals surface area contributed by atoms with Crippen LogP contribution < -0.4 is 0 Å². The number of aliphatic hydroxyl groups is 1. The predicted octanol–water partition coefficient (Wildman–Crippen LogP) is 3.83. The van der Waals surface area contributed by atoms with Crippen molar-refractivity contribution < 1.29 is 37.0 Å². The molecule has 1 heterocycles. The monoisotopic (exact) mass is 344 g/mol. The van der Waals surface area contributed by atoms with Crippen LogP contribution in [0, 0.1) is 5.41 Å². The fraction of sp³-hybridized carbons (Fsp3) is 0.500. The third-order valence-electron chi connectivity index (χ3n) is 4.71. The smallest absolute Gasteiger partial charge is 0.421 e. The van der Waals surface area contributed by atoms with Gasteiger partial charge < -0.3 is 14.3 Å². The summed E-state index contributed by atoms with van der Waals surface area (Å²) in [5.41, 5.74) is -2.87. The quantitative estimate of drug-likeness (QED) is 0.501. The predicted molar refractivity (Wildman–Crippen MR) is 74.7 cm³/mol. The van der Waals surface area contributed by atoms with Gasteiger partial charge in [-0.2, -0.15) is 13.2 Å². The highest BCUT2D eigenvalue weighted by atomic mass is 19.4. The van der Waals surface area contributed by atoms with E-state index in [4.69, 9.17) is 4.42 Å². The summed E-state index contributed by atoms with van der Waals surface area (Å²) < 4.78 is 50.1. The lowest BCUT2D eigenvalue weighted by Crippen LogP contribution is -2.41. The zero-order valence-electron chi connectivity index (χ0n) is 12.8. The van der Waals surface area contributed by atoms with Gasteiger partial charge >= 0.3 is 12.1 Å². The molecular formula is C16H15F3O5. The van der Waals surface area contributed by atoms with E-state index in [2.05, 4.69) is 4.74 Å². The number of rotatable bonds is 2. The van der Waals surface area contributed by atoms with Crippen LogP contribution in [0.5, 0.6) is 0 Å². The first-order chi connectivity index (χ1) is 11.2. The summed E-state index contributed by atoms with van der Waals surface area (Å²) in [5.74, 6) is -3.37. The molecule has 0 amide bonds. The number of Topliss-reactive ketones (excluding diaryl/α,β-unsaturated/α-hetero) is 1. The average Bonchev–Trinajstić information content (AvgIpc) is 2.85. The van der Waals surface area contributed by atoms with Crippen molar-refractivity contribution in [2.75, 3.05) is 6.61 Å². The summed E-state index contributed by atoms with van der Waals surface area (Å²) in [6, 6.07) is 0. The van der Waals surface area contributed by atoms with E-state index < -0.39 is 40.2 Å². The third kappa shape index (κ3) is 2.23. The van der Waals surface area contributed by atoms with E-state index >= 15 is 0 Å². The maximum absolute atomic E-state index is 13.5. The molecule has 3 rings (SSSR count). The summed E-state index contributed by atoms with van der Waals surface area (Å²) >= 11 is 0. The second-order valence-corrected chi connectivity index (χ2v) is 6.01. The number of carbonyl (C=O) groups is 2. The molecule has 0 radical (unpaired) electrons. The minimum atomic E-state index is -4.96. The molecule has 0 unspecified atom stereocenters. The molecule has 8 heteroatoms. The number of ketones is 1. The maximum atomic E-state index is 13.5. The molecule has 2 aliphatic rings. The molecule has 130 valence electrons. The summed E-state index contributed by atoms with van der Waals surface area (Å²) in [4.78, 5) is 24.4. The van der Waals surface area contributed by atoms with Gasteiger partial charge in [-0.1, -0.05) is 6.42 Å². The van der Waals surface area contributed by atoms with E-state index in [1.165, 1.54) is 6.92 Å². The lowest BCUT2D eigenvalue weighted by atomic mass is 9.58. The van der Waals surface area contributed by atoms with Gasteiger partial charge in [-0.25, -0.2) is 4.79 Å². The lowest BCUT2D eigenvalue weighted by Gasteiger charge is -2.44. The Morgan fingerprint density at radius 1 is 1.42 bits per heavy atom. The number of ether oxygens (including phenoxy) is 1. The number of carbonyl (C=O) groups excluding carboxylic acids is 2. The van der Waals surface area contributed by atoms with Gasteiger partial charge in [0, 0.05) is 17.4 Å². The Labute approximate surface area is 135 Å². The van der Waals surface area contributed by atoms with Gasteiger partial charge in [0.05, 0.1) is 18.4 Å². The van der Waals surface area contributed by atoms with Crippen LogP contribution in [0.4, 0.5) is 13.2 Å². The van der Waals surface area contributed by atoms with Gasteiger partial charge in [0.25, 0.3) is 0 Å². The Hall–Kier alpha value is -2.25. The SMILES string of the molecule is CCOC(=O)c1oc2c(c1C(F)(F)F)C(=O)C(=CO)C1(CCC1)C2. The van der Waals surface area contributed by atoms with Crippen molar-refractivity contribution in [3.63, 3.8) is 0 Å². The van der Waals surface area contributed by atoms with Crippen LogP contribution in [-0.2, 0) is 17.3 Å². The Morgan fingerprint density at radius 3 is 2.54 bits per heavy atom. The summed E-state index contributed by atoms with van der Waals surface area (Å²) in [6.45, 7) is 1.33. The Morgan fingerprint density at radius 2 is 2.08 bits per heavy atom. The van der Waals surface area contributed by atoms with Gasteiger partial charge in [-0.15, -0.1) is 0 Å². The van der Waals surface area contributed by atoms with Crippen LogP contribution in [0.3, 0.4) is 0 Å². The first-order valence-electron chi connectivity index (χ1n) is 7.54. The molecule has 0 saturated heterocycles. The van der Waals surface area contributed by atoms with Crippen LogP contribution in [0.15, 0.2) is 16.3 Å². The second kappa shape index (κ2) is 5.39. The zero-order chi connectivity index (χ0) is 17.7. The average molecular weight is 344 g/mol. The summed E-state index contributed by atoms with van der Waals surface area (Å²) in [5, 5.41) is 9.40. The number of esters is 1. The van der Waals surface area contributed by atoms with Gasteiger partial charge in [0.2, 0.25) is 5.76 Å². The minimum absolute atomic E-state index is 0.0446. The molecule has 1 aromatic heterocycles. The highest BCUT2D eigenvalue weighted by molar-refractivity contribution is 6.13. The van der Waals surface area contributed by atoms with Crippen molar-refractivity contribution in [3.05, 3.63) is 34.5 Å². The standard InChI is InChI=1S/C16H15F3O5/c1-2-23-14(22)13-11(16(17,18)19)10-9(24-13)6-15(4-3-5-15)8(7-20)12(10)21/h7,20H,2-6H2,1H3. The Balaban J connectivity index is 2.21. The molecule has 1 spiro atoms. The van der Waals surface area contributed by atoms with E-state index in [9.17, 15) is 27.9 Å². The molecule has 1 fully saturated rings. The van der Waals surface area contributed by atoms with E-state index in [0.29, 0.717) is 19.1 Å². The van der Waals surface area contributed by atoms with E-state index in [1.54, 1.807) is 0 Å². The molecule has 0 atom stereocenters. The molecule has 24 heavy (non-hydrogen) atoms. The van der Waals surface area contributed by atoms with Crippen molar-refractivity contribution in [1.29, 1.82) is 0 Å². The fourth-order valence-electron chi connectivity index (χ4n) is 3.48. The largest absolute Gasteiger partial charge is 0.515 e. The topological polar surface area (TPSA) is 76.7 Å². The van der Waals surface area contributed by atoms with Crippen LogP contribution in [0.25, 0.3) is 0 Å². The highest BCUT2D eigenvalue weighted by Gasteiger charge is 2.54. The highest BCUT2D eigenvalue weighted by Crippen LogP contribution is 2.55. The van der Waals surface area contributed by atoms with Crippen LogP contribution in [0.1, 0.15) is 58.4 Å². The molecule has 1 saturated carbocycles. The van der Waals surface area contributed by atoms with Gasteiger partial charge in [0.15, 0.2) is 5.78 Å². The molecule has 0 aromatic carbocycles. The number of furan rings is 1. The molecular weight excluding hydrogens is 329 g/mol. The van der Waals surface area contributed by atoms with Crippen LogP contribution >= 0.6 is 0 Å². The van der Waals surface area contributed by atoms with Crippen molar-refractivity contribution in [2.45, 2.75) is 38.8 Å². The molecule has 0 aliphatic heterocycles. The molecule has 1 aromatic rings. The number of halogens is 3. The first-order valence-corrected chi connectivity index (χ1v) is 7.54. The van der Waals surface area contributed by atoms with Gasteiger partial charge in [-0.05, 0) is 19.8 Å². The van der Waals surface area contributed by atoms with Crippen molar-refractivity contribution in [2.24, 2.45) is 5.41 Å². The molecule has 0 bridgehead atoms. The summed E-state index contributed by atoms with van der Waals surface area (Å²) in [6.07, 6.45) is -2.38. The Kier molecular flexibility index (Phi) is 3.73. The number of hydrogen-bond acceptors (Lipinski definition) is 5. The van der Waals surface area contributed by atoms with Gasteiger partial charge in [-0.3, -0.25) is 4.79 Å². The van der Waals surface area contributed by atoms with Crippen LogP contribution in [0.2, 0.25) is 0 Å². The van der Waals surface area contributed by atoms with E-state index in [1.807, 2.05) is 0 Å². The van der Waals surface area contributed by atoms with Crippen molar-refractivity contribution >= 4 is 11.8 Å². The first kappa shape index (κ1) is 16.6.